The van der Waals surface area contributed by atoms with Crippen LogP contribution in [0.25, 0.3) is 0 Å². The van der Waals surface area contributed by atoms with E-state index in [1.807, 2.05) is 18.7 Å². The SMILES string of the molecule is C[C@@H](C(=O)O)N1CCOC(O[C@H]2CC[C@]34C[C@]35CC[C@@]3(C)C(CC6OC(CC(C)(C)O)CC[C@@H]63)C5CC[C@H]4C2(C)C)C1. The molecule has 0 aromatic carbocycles. The topological polar surface area (TPSA) is 88.5 Å². The Kier molecular flexibility index (Phi) is 7.05. The van der Waals surface area contributed by atoms with Crippen LogP contribution in [-0.4, -0.2) is 77.0 Å². The maximum atomic E-state index is 11.6. The van der Waals surface area contributed by atoms with Crippen molar-refractivity contribution in [2.24, 2.45) is 45.3 Å². The molecular weight excluding hydrogens is 530 g/mol. The van der Waals surface area contributed by atoms with Gasteiger partial charge >= 0.3 is 5.97 Å². The molecule has 2 heterocycles. The van der Waals surface area contributed by atoms with E-state index in [9.17, 15) is 15.0 Å². The van der Waals surface area contributed by atoms with Gasteiger partial charge in [0, 0.05) is 13.0 Å². The summed E-state index contributed by atoms with van der Waals surface area (Å²) >= 11 is 0. The van der Waals surface area contributed by atoms with Crippen molar-refractivity contribution in [3.63, 3.8) is 0 Å². The standard InChI is InChI=1S/C35H57NO6/c1-21(30(37)38)36-15-16-40-29(19-36)42-28-11-12-35-20-34(35)14-13-33(6)24-8-7-22(18-31(2,3)39)41-26(24)17-25(33)23(34)9-10-27(35)32(28,4)5/h21-29,39H,7-20H2,1-6H3,(H,37,38)/t21-,22?,23?,24-,25?,26?,27-,28-,29?,33+,34-,35+/m0/s1. The van der Waals surface area contributed by atoms with Crippen molar-refractivity contribution in [3.05, 3.63) is 0 Å². The molecule has 2 spiro atoms. The Morgan fingerprint density at radius 2 is 1.79 bits per heavy atom. The van der Waals surface area contributed by atoms with Crippen molar-refractivity contribution in [2.75, 3.05) is 19.7 Å². The van der Waals surface area contributed by atoms with Crippen LogP contribution >= 0.6 is 0 Å². The van der Waals surface area contributed by atoms with Crippen molar-refractivity contribution < 1.29 is 29.2 Å². The highest BCUT2D eigenvalue weighted by molar-refractivity contribution is 5.72. The van der Waals surface area contributed by atoms with Crippen LogP contribution in [0.1, 0.15) is 112 Å². The van der Waals surface area contributed by atoms with Crippen LogP contribution in [0.5, 0.6) is 0 Å². The number of aliphatic hydroxyl groups is 1. The molecule has 12 atom stereocenters. The Morgan fingerprint density at radius 3 is 2.52 bits per heavy atom. The number of hydrogen-bond donors (Lipinski definition) is 2. The lowest BCUT2D eigenvalue weighted by molar-refractivity contribution is -0.247. The first-order valence-electron chi connectivity index (χ1n) is 17.3. The molecule has 0 radical (unpaired) electrons. The van der Waals surface area contributed by atoms with Crippen molar-refractivity contribution in [1.29, 1.82) is 0 Å². The average molecular weight is 588 g/mol. The first-order valence-corrected chi connectivity index (χ1v) is 17.3. The molecule has 7 rings (SSSR count). The van der Waals surface area contributed by atoms with Crippen molar-refractivity contribution in [1.82, 2.24) is 4.90 Å². The van der Waals surface area contributed by atoms with Crippen LogP contribution in [0.15, 0.2) is 0 Å². The minimum Gasteiger partial charge on any atom is -0.480 e. The third-order valence-electron chi connectivity index (χ3n) is 14.6. The Bertz CT molecular complexity index is 1070. The number of ether oxygens (including phenoxy) is 3. The largest absolute Gasteiger partial charge is 0.480 e. The summed E-state index contributed by atoms with van der Waals surface area (Å²) in [4.78, 5) is 13.6. The first-order chi connectivity index (χ1) is 19.7. The van der Waals surface area contributed by atoms with E-state index >= 15 is 0 Å². The number of carboxylic acid groups (broad SMARTS) is 1. The molecule has 2 N–H and O–H groups in total. The monoisotopic (exact) mass is 587 g/mol. The van der Waals surface area contributed by atoms with Crippen LogP contribution in [0.4, 0.5) is 0 Å². The average Bonchev–Trinajstić information content (AvgIpc) is 3.49. The molecule has 0 aromatic rings. The van der Waals surface area contributed by atoms with E-state index in [1.165, 1.54) is 51.4 Å². The van der Waals surface area contributed by atoms with E-state index in [0.717, 1.165) is 31.1 Å². The van der Waals surface area contributed by atoms with Crippen molar-refractivity contribution in [3.8, 4) is 0 Å². The summed E-state index contributed by atoms with van der Waals surface area (Å²) in [7, 11) is 0. The summed E-state index contributed by atoms with van der Waals surface area (Å²) in [6.45, 7) is 14.9. The first kappa shape index (κ1) is 30.0. The summed E-state index contributed by atoms with van der Waals surface area (Å²) in [5, 5.41) is 20.0. The van der Waals surface area contributed by atoms with E-state index in [0.29, 0.717) is 53.9 Å². The molecule has 2 saturated heterocycles. The van der Waals surface area contributed by atoms with Gasteiger partial charge in [0.05, 0.1) is 37.1 Å². The smallest absolute Gasteiger partial charge is 0.320 e. The quantitative estimate of drug-likeness (QED) is 0.402. The Hall–Kier alpha value is -0.730. The van der Waals surface area contributed by atoms with Crippen LogP contribution in [0.3, 0.4) is 0 Å². The lowest BCUT2D eigenvalue weighted by atomic mass is 9.46. The molecule has 5 unspecified atom stereocenters. The van der Waals surface area contributed by atoms with Crippen LogP contribution < -0.4 is 0 Å². The van der Waals surface area contributed by atoms with E-state index in [-0.39, 0.29) is 23.9 Å². The summed E-state index contributed by atoms with van der Waals surface area (Å²) in [6, 6.07) is -0.515. The number of hydrogen-bond acceptors (Lipinski definition) is 6. The second-order valence-corrected chi connectivity index (χ2v) is 17.4. The summed E-state index contributed by atoms with van der Waals surface area (Å²) in [5.41, 5.74) is 0.802. The molecule has 7 heteroatoms. The van der Waals surface area contributed by atoms with Gasteiger partial charge in [-0.2, -0.15) is 0 Å². The van der Waals surface area contributed by atoms with Gasteiger partial charge in [0.1, 0.15) is 6.04 Å². The van der Waals surface area contributed by atoms with E-state index in [4.69, 9.17) is 14.2 Å². The van der Waals surface area contributed by atoms with Gasteiger partial charge in [0.25, 0.3) is 0 Å². The number of nitrogens with zero attached hydrogens (tertiary/aromatic N) is 1. The van der Waals surface area contributed by atoms with E-state index in [2.05, 4.69) is 20.8 Å². The Morgan fingerprint density at radius 1 is 1.02 bits per heavy atom. The number of carboxylic acids is 1. The summed E-state index contributed by atoms with van der Waals surface area (Å²) < 4.78 is 19.6. The van der Waals surface area contributed by atoms with Gasteiger partial charge in [-0.3, -0.25) is 9.69 Å². The molecule has 5 aliphatic carbocycles. The fourth-order valence-corrected chi connectivity index (χ4v) is 12.7. The predicted molar refractivity (Wildman–Crippen MR) is 160 cm³/mol. The molecule has 7 aliphatic rings. The van der Waals surface area contributed by atoms with Gasteiger partial charge in [-0.25, -0.2) is 0 Å². The van der Waals surface area contributed by atoms with Gasteiger partial charge in [0.15, 0.2) is 6.29 Å². The fraction of sp³-hybridized carbons (Fsp3) is 0.971. The highest BCUT2D eigenvalue weighted by atomic mass is 16.7. The van der Waals surface area contributed by atoms with Crippen LogP contribution in [0.2, 0.25) is 0 Å². The van der Waals surface area contributed by atoms with Crippen LogP contribution in [-0.2, 0) is 19.0 Å². The third kappa shape index (κ3) is 4.40. The zero-order valence-corrected chi connectivity index (χ0v) is 27.1. The molecule has 0 aromatic heterocycles. The van der Waals surface area contributed by atoms with Gasteiger partial charge < -0.3 is 24.4 Å². The molecular formula is C35H57NO6. The molecule has 5 saturated carbocycles. The second kappa shape index (κ2) is 9.88. The highest BCUT2D eigenvalue weighted by Gasteiger charge is 2.80. The zero-order valence-electron chi connectivity index (χ0n) is 27.1. The number of morpholine rings is 1. The number of carbonyl (C=O) groups is 1. The molecule has 2 aliphatic heterocycles. The molecule has 42 heavy (non-hydrogen) atoms. The van der Waals surface area contributed by atoms with Crippen molar-refractivity contribution in [2.45, 2.75) is 148 Å². The Labute approximate surface area is 253 Å². The maximum absolute atomic E-state index is 11.6. The van der Waals surface area contributed by atoms with Crippen LogP contribution in [0, 0.1) is 45.3 Å². The van der Waals surface area contributed by atoms with E-state index in [1.54, 1.807) is 6.92 Å². The van der Waals surface area contributed by atoms with Gasteiger partial charge in [0.2, 0.25) is 0 Å². The zero-order chi connectivity index (χ0) is 29.9. The molecule has 7 nitrogen and oxygen atoms in total. The summed E-state index contributed by atoms with van der Waals surface area (Å²) in [6.07, 6.45) is 13.9. The minimum atomic E-state index is -0.781. The van der Waals surface area contributed by atoms with Crippen molar-refractivity contribution >= 4 is 5.97 Å². The molecule has 7 fully saturated rings. The normalized spacial score (nSPS) is 50.5. The lowest BCUT2D eigenvalue weighted by Gasteiger charge is -2.60. The lowest BCUT2D eigenvalue weighted by Crippen LogP contribution is -2.57. The fourth-order valence-electron chi connectivity index (χ4n) is 12.7. The van der Waals surface area contributed by atoms with E-state index < -0.39 is 17.6 Å². The maximum Gasteiger partial charge on any atom is 0.320 e. The number of fused-ring (bicyclic) bond motifs is 4. The molecule has 238 valence electrons. The highest BCUT2D eigenvalue weighted by Crippen LogP contribution is 2.87. The Balaban J connectivity index is 1.05. The third-order valence-corrected chi connectivity index (χ3v) is 14.6. The van der Waals surface area contributed by atoms with Gasteiger partial charge in [-0.05, 0) is 130 Å². The predicted octanol–water partition coefficient (Wildman–Crippen LogP) is 5.87. The molecule has 0 amide bonds. The van der Waals surface area contributed by atoms with Gasteiger partial charge in [-0.15, -0.1) is 0 Å². The molecule has 0 bridgehead atoms. The summed E-state index contributed by atoms with van der Waals surface area (Å²) in [5.74, 6) is 2.19. The number of aliphatic carboxylic acids is 1. The minimum absolute atomic E-state index is 0.0780. The van der Waals surface area contributed by atoms with Gasteiger partial charge in [-0.1, -0.05) is 20.8 Å². The number of rotatable bonds is 6. The second-order valence-electron chi connectivity index (χ2n) is 17.4.